The van der Waals surface area contributed by atoms with Crippen LogP contribution in [-0.4, -0.2) is 22.4 Å². The minimum atomic E-state index is -0.142. The van der Waals surface area contributed by atoms with E-state index in [4.69, 9.17) is 0 Å². The largest absolute Gasteiger partial charge is 0.324 e. The molecule has 0 saturated carbocycles. The van der Waals surface area contributed by atoms with Crippen LogP contribution >= 0.6 is 0 Å². The Labute approximate surface area is 206 Å². The summed E-state index contributed by atoms with van der Waals surface area (Å²) in [4.78, 5) is 30.7. The summed E-state index contributed by atoms with van der Waals surface area (Å²) in [5.74, 6) is 0.0408. The molecule has 4 aromatic rings. The van der Waals surface area contributed by atoms with Crippen molar-refractivity contribution < 1.29 is 9.59 Å². The number of hydrogen-bond acceptors (Lipinski definition) is 2. The summed E-state index contributed by atoms with van der Waals surface area (Å²) in [7, 11) is 0. The maximum atomic E-state index is 13.7. The van der Waals surface area contributed by atoms with Gasteiger partial charge in [0, 0.05) is 47.5 Å². The van der Waals surface area contributed by atoms with Crippen LogP contribution in [0.5, 0.6) is 0 Å². The fraction of sp³-hybridized carbons (Fsp3) is 0.200. The number of rotatable bonds is 5. The molecule has 1 aliphatic rings. The topological polar surface area (TPSA) is 45.6 Å². The molecule has 5 rings (SSSR count). The molecular weight excluding hydrogens is 434 g/mol. The lowest BCUT2D eigenvalue weighted by atomic mass is 9.89. The van der Waals surface area contributed by atoms with Gasteiger partial charge in [-0.2, -0.15) is 0 Å². The Kier molecular flexibility index (Phi) is 6.23. The van der Waals surface area contributed by atoms with Crippen molar-refractivity contribution >= 4 is 23.2 Å². The SMILES string of the molecule is CCC(=O)N(c1ccccc1)[C@H]1C[C@@H](C)N(C(=O)c2ccc(-n3cccc3)cc2)c2ccccc21. The third kappa shape index (κ3) is 4.26. The number of carbonyl (C=O) groups is 2. The summed E-state index contributed by atoms with van der Waals surface area (Å²) in [6.45, 7) is 3.96. The molecule has 0 N–H and O–H groups in total. The Balaban J connectivity index is 1.51. The van der Waals surface area contributed by atoms with Crippen LogP contribution in [-0.2, 0) is 4.79 Å². The van der Waals surface area contributed by atoms with Crippen molar-refractivity contribution in [2.45, 2.75) is 38.8 Å². The molecule has 2 heterocycles. The first-order chi connectivity index (χ1) is 17.1. The Morgan fingerprint density at radius 1 is 0.857 bits per heavy atom. The molecule has 0 aliphatic carbocycles. The van der Waals surface area contributed by atoms with Crippen LogP contribution in [0.1, 0.15) is 48.7 Å². The van der Waals surface area contributed by atoms with Crippen LogP contribution in [0.3, 0.4) is 0 Å². The average molecular weight is 464 g/mol. The van der Waals surface area contributed by atoms with E-state index in [0.717, 1.165) is 22.6 Å². The second-order valence-corrected chi connectivity index (χ2v) is 8.92. The first-order valence-corrected chi connectivity index (χ1v) is 12.1. The van der Waals surface area contributed by atoms with E-state index in [9.17, 15) is 9.59 Å². The van der Waals surface area contributed by atoms with E-state index in [-0.39, 0.29) is 23.9 Å². The fourth-order valence-corrected chi connectivity index (χ4v) is 5.01. The highest BCUT2D eigenvalue weighted by molar-refractivity contribution is 6.07. The molecule has 0 unspecified atom stereocenters. The molecule has 0 spiro atoms. The molecule has 2 atom stereocenters. The standard InChI is InChI=1S/C30H29N3O2/c1-3-29(34)33(25-11-5-4-6-12-25)28-21-22(2)32(27-14-8-7-13-26(27)28)30(35)23-15-17-24(18-16-23)31-19-9-10-20-31/h4-20,22,28H,3,21H2,1-2H3/t22-,28+/m1/s1. The Bertz CT molecular complexity index is 1310. The van der Waals surface area contributed by atoms with Gasteiger partial charge in [-0.15, -0.1) is 0 Å². The highest BCUT2D eigenvalue weighted by atomic mass is 16.2. The van der Waals surface area contributed by atoms with Gasteiger partial charge in [0.2, 0.25) is 5.91 Å². The van der Waals surface area contributed by atoms with E-state index in [1.54, 1.807) is 0 Å². The molecule has 176 valence electrons. The molecular formula is C30H29N3O2. The number of anilines is 2. The number of aromatic nitrogens is 1. The maximum absolute atomic E-state index is 13.7. The van der Waals surface area contributed by atoms with Gasteiger partial charge < -0.3 is 14.4 Å². The third-order valence-corrected chi connectivity index (χ3v) is 6.71. The van der Waals surface area contributed by atoms with E-state index in [0.29, 0.717) is 18.4 Å². The molecule has 35 heavy (non-hydrogen) atoms. The molecule has 0 bridgehead atoms. The van der Waals surface area contributed by atoms with Gasteiger partial charge in [0.15, 0.2) is 0 Å². The molecule has 0 radical (unpaired) electrons. The van der Waals surface area contributed by atoms with Gasteiger partial charge in [-0.25, -0.2) is 0 Å². The lowest BCUT2D eigenvalue weighted by molar-refractivity contribution is -0.118. The minimum absolute atomic E-state index is 0.0319. The summed E-state index contributed by atoms with van der Waals surface area (Å²) in [6, 6.07) is 29.2. The van der Waals surface area contributed by atoms with Gasteiger partial charge in [-0.05, 0) is 73.5 Å². The van der Waals surface area contributed by atoms with Crippen molar-refractivity contribution in [3.05, 3.63) is 115 Å². The lowest BCUT2D eigenvalue weighted by Gasteiger charge is -2.43. The molecule has 1 aliphatic heterocycles. The van der Waals surface area contributed by atoms with E-state index in [2.05, 4.69) is 6.92 Å². The van der Waals surface area contributed by atoms with Crippen molar-refractivity contribution in [1.29, 1.82) is 0 Å². The Hall–Kier alpha value is -4.12. The first-order valence-electron chi connectivity index (χ1n) is 12.1. The van der Waals surface area contributed by atoms with Crippen LogP contribution in [0.4, 0.5) is 11.4 Å². The highest BCUT2D eigenvalue weighted by Crippen LogP contribution is 2.42. The van der Waals surface area contributed by atoms with Gasteiger partial charge >= 0.3 is 0 Å². The minimum Gasteiger partial charge on any atom is -0.324 e. The Morgan fingerprint density at radius 2 is 1.51 bits per heavy atom. The van der Waals surface area contributed by atoms with Gasteiger partial charge in [-0.1, -0.05) is 43.3 Å². The number of fused-ring (bicyclic) bond motifs is 1. The number of nitrogens with zero attached hydrogens (tertiary/aromatic N) is 3. The van der Waals surface area contributed by atoms with Gasteiger partial charge in [0.25, 0.3) is 5.91 Å². The number of amides is 2. The van der Waals surface area contributed by atoms with Crippen LogP contribution < -0.4 is 9.80 Å². The normalized spacial score (nSPS) is 17.0. The summed E-state index contributed by atoms with van der Waals surface area (Å²) in [5, 5.41) is 0. The molecule has 2 amide bonds. The second kappa shape index (κ2) is 9.63. The van der Waals surface area contributed by atoms with Gasteiger partial charge in [0.1, 0.15) is 0 Å². The van der Waals surface area contributed by atoms with Crippen molar-refractivity contribution in [1.82, 2.24) is 4.57 Å². The number of hydrogen-bond donors (Lipinski definition) is 0. The van der Waals surface area contributed by atoms with E-state index < -0.39 is 0 Å². The van der Waals surface area contributed by atoms with Gasteiger partial charge in [-0.3, -0.25) is 9.59 Å². The summed E-state index contributed by atoms with van der Waals surface area (Å²) >= 11 is 0. The lowest BCUT2D eigenvalue weighted by Crippen LogP contribution is -2.47. The zero-order chi connectivity index (χ0) is 24.4. The highest BCUT2D eigenvalue weighted by Gasteiger charge is 2.38. The van der Waals surface area contributed by atoms with Crippen LogP contribution in [0, 0.1) is 0 Å². The van der Waals surface area contributed by atoms with Crippen molar-refractivity contribution in [3.63, 3.8) is 0 Å². The van der Waals surface area contributed by atoms with E-state index in [1.807, 2.05) is 125 Å². The van der Waals surface area contributed by atoms with Crippen molar-refractivity contribution in [3.8, 4) is 5.69 Å². The predicted octanol–water partition coefficient (Wildman–Crippen LogP) is 6.40. The average Bonchev–Trinajstić information content (AvgIpc) is 3.44. The zero-order valence-electron chi connectivity index (χ0n) is 20.0. The number of benzene rings is 3. The monoisotopic (exact) mass is 463 g/mol. The molecule has 0 fully saturated rings. The first kappa shape index (κ1) is 22.7. The molecule has 5 nitrogen and oxygen atoms in total. The number of para-hydroxylation sites is 2. The fourth-order valence-electron chi connectivity index (χ4n) is 5.01. The second-order valence-electron chi connectivity index (χ2n) is 8.92. The number of carbonyl (C=O) groups excluding carboxylic acids is 2. The van der Waals surface area contributed by atoms with Crippen molar-refractivity contribution in [2.75, 3.05) is 9.80 Å². The zero-order valence-corrected chi connectivity index (χ0v) is 20.0. The summed E-state index contributed by atoms with van der Waals surface area (Å²) in [5.41, 5.74) is 4.39. The molecule has 3 aromatic carbocycles. The van der Waals surface area contributed by atoms with E-state index in [1.165, 1.54) is 0 Å². The summed E-state index contributed by atoms with van der Waals surface area (Å²) in [6.07, 6.45) is 5.04. The van der Waals surface area contributed by atoms with E-state index >= 15 is 0 Å². The molecule has 1 aromatic heterocycles. The molecule has 0 saturated heterocycles. The van der Waals surface area contributed by atoms with Crippen LogP contribution in [0.25, 0.3) is 5.69 Å². The smallest absolute Gasteiger partial charge is 0.258 e. The molecule has 5 heteroatoms. The van der Waals surface area contributed by atoms with Crippen LogP contribution in [0.15, 0.2) is 103 Å². The maximum Gasteiger partial charge on any atom is 0.258 e. The Morgan fingerprint density at radius 3 is 2.20 bits per heavy atom. The van der Waals surface area contributed by atoms with Crippen LogP contribution in [0.2, 0.25) is 0 Å². The quantitative estimate of drug-likeness (QED) is 0.344. The van der Waals surface area contributed by atoms with Crippen molar-refractivity contribution in [2.24, 2.45) is 0 Å². The third-order valence-electron chi connectivity index (χ3n) is 6.71. The van der Waals surface area contributed by atoms with Gasteiger partial charge in [0.05, 0.1) is 6.04 Å². The predicted molar refractivity (Wildman–Crippen MR) is 140 cm³/mol. The summed E-state index contributed by atoms with van der Waals surface area (Å²) < 4.78 is 2.01.